The van der Waals surface area contributed by atoms with E-state index >= 15 is 0 Å². The molecule has 0 radical (unpaired) electrons. The van der Waals surface area contributed by atoms with E-state index in [2.05, 4.69) is 26.1 Å². The summed E-state index contributed by atoms with van der Waals surface area (Å²) >= 11 is 0. The zero-order chi connectivity index (χ0) is 13.2. The molecule has 2 saturated heterocycles. The van der Waals surface area contributed by atoms with Crippen LogP contribution in [0.3, 0.4) is 0 Å². The van der Waals surface area contributed by atoms with Gasteiger partial charge in [-0.2, -0.15) is 0 Å². The summed E-state index contributed by atoms with van der Waals surface area (Å²) in [6, 6.07) is 0.369. The Kier molecular flexibility index (Phi) is 4.31. The van der Waals surface area contributed by atoms with Crippen LogP contribution in [0.2, 0.25) is 0 Å². The second-order valence-corrected chi connectivity index (χ2v) is 6.52. The molecule has 3 atom stereocenters. The summed E-state index contributed by atoms with van der Waals surface area (Å²) in [5.41, 5.74) is 0.180. The molecule has 3 nitrogen and oxygen atoms in total. The van der Waals surface area contributed by atoms with Crippen LogP contribution in [-0.2, 0) is 9.53 Å². The van der Waals surface area contributed by atoms with E-state index in [-0.39, 0.29) is 11.3 Å². The van der Waals surface area contributed by atoms with Crippen molar-refractivity contribution in [3.63, 3.8) is 0 Å². The lowest BCUT2D eigenvalue weighted by Gasteiger charge is -2.41. The molecule has 1 spiro atoms. The van der Waals surface area contributed by atoms with Crippen LogP contribution in [0.15, 0.2) is 0 Å². The van der Waals surface area contributed by atoms with Crippen LogP contribution in [0.4, 0.5) is 0 Å². The molecule has 1 amide bonds. The largest absolute Gasteiger partial charge is 0.378 e. The van der Waals surface area contributed by atoms with Crippen molar-refractivity contribution in [2.45, 2.75) is 71.4 Å². The minimum atomic E-state index is 0.180. The monoisotopic (exact) mass is 253 g/mol. The fourth-order valence-corrected chi connectivity index (χ4v) is 3.65. The molecule has 0 saturated carbocycles. The van der Waals surface area contributed by atoms with Gasteiger partial charge in [-0.05, 0) is 31.6 Å². The summed E-state index contributed by atoms with van der Waals surface area (Å²) in [6.45, 7) is 7.50. The molecular formula is C15H27NO2. The summed E-state index contributed by atoms with van der Waals surface area (Å²) in [7, 11) is 0. The predicted octanol–water partition coefficient (Wildman–Crippen LogP) is 2.89. The molecule has 2 aliphatic heterocycles. The summed E-state index contributed by atoms with van der Waals surface area (Å²) in [5.74, 6) is 0.885. The average molecular weight is 253 g/mol. The van der Waals surface area contributed by atoms with Gasteiger partial charge in [0.15, 0.2) is 0 Å². The van der Waals surface area contributed by atoms with E-state index in [1.807, 2.05) is 0 Å². The number of hydrogen-bond acceptors (Lipinski definition) is 2. The Morgan fingerprint density at radius 2 is 2.28 bits per heavy atom. The summed E-state index contributed by atoms with van der Waals surface area (Å²) < 4.78 is 5.85. The highest BCUT2D eigenvalue weighted by atomic mass is 16.5. The molecule has 2 rings (SSSR count). The summed E-state index contributed by atoms with van der Waals surface area (Å²) in [6.07, 6.45) is 6.59. The Morgan fingerprint density at radius 3 is 2.94 bits per heavy atom. The maximum atomic E-state index is 11.8. The fourth-order valence-electron chi connectivity index (χ4n) is 3.65. The van der Waals surface area contributed by atoms with E-state index in [0.29, 0.717) is 24.5 Å². The van der Waals surface area contributed by atoms with Crippen LogP contribution >= 0.6 is 0 Å². The van der Waals surface area contributed by atoms with Gasteiger partial charge in [-0.1, -0.05) is 27.2 Å². The maximum Gasteiger partial charge on any atom is 0.220 e. The molecule has 2 fully saturated rings. The van der Waals surface area contributed by atoms with Crippen LogP contribution in [0.5, 0.6) is 0 Å². The lowest BCUT2D eigenvalue weighted by Crippen LogP contribution is -2.44. The fraction of sp³-hybridized carbons (Fsp3) is 0.933. The zero-order valence-corrected chi connectivity index (χ0v) is 12.0. The molecular weight excluding hydrogens is 226 g/mol. The number of rotatable bonds is 4. The summed E-state index contributed by atoms with van der Waals surface area (Å²) in [4.78, 5) is 11.8. The van der Waals surface area contributed by atoms with E-state index < -0.39 is 0 Å². The van der Waals surface area contributed by atoms with Crippen LogP contribution in [-0.4, -0.2) is 24.7 Å². The molecule has 2 aliphatic rings. The number of nitrogens with one attached hydrogen (secondary N) is 1. The van der Waals surface area contributed by atoms with E-state index in [1.54, 1.807) is 0 Å². The van der Waals surface area contributed by atoms with Crippen molar-refractivity contribution in [1.29, 1.82) is 0 Å². The van der Waals surface area contributed by atoms with Crippen LogP contribution in [0.1, 0.15) is 59.3 Å². The van der Waals surface area contributed by atoms with Gasteiger partial charge >= 0.3 is 0 Å². The van der Waals surface area contributed by atoms with E-state index in [1.165, 1.54) is 0 Å². The van der Waals surface area contributed by atoms with Crippen molar-refractivity contribution in [3.8, 4) is 0 Å². The number of amides is 1. The maximum absolute atomic E-state index is 11.8. The predicted molar refractivity (Wildman–Crippen MR) is 72.3 cm³/mol. The molecule has 2 heterocycles. The Morgan fingerprint density at radius 1 is 1.50 bits per heavy atom. The van der Waals surface area contributed by atoms with Gasteiger partial charge in [-0.3, -0.25) is 4.79 Å². The lowest BCUT2D eigenvalue weighted by atomic mass is 9.69. The Hall–Kier alpha value is -0.570. The molecule has 0 bridgehead atoms. The van der Waals surface area contributed by atoms with Gasteiger partial charge in [0.25, 0.3) is 0 Å². The minimum Gasteiger partial charge on any atom is -0.378 e. The van der Waals surface area contributed by atoms with Crippen molar-refractivity contribution in [2.75, 3.05) is 6.61 Å². The molecule has 104 valence electrons. The third-order valence-electron chi connectivity index (χ3n) is 4.49. The van der Waals surface area contributed by atoms with E-state index in [0.717, 1.165) is 38.7 Å². The number of hydrogen-bond donors (Lipinski definition) is 1. The van der Waals surface area contributed by atoms with Gasteiger partial charge in [-0.15, -0.1) is 0 Å². The molecule has 3 heteroatoms. The second kappa shape index (κ2) is 5.60. The van der Waals surface area contributed by atoms with Gasteiger partial charge in [0, 0.05) is 24.5 Å². The number of carbonyl (C=O) groups is 1. The highest BCUT2D eigenvalue weighted by Gasteiger charge is 2.49. The molecule has 0 aromatic rings. The zero-order valence-electron chi connectivity index (χ0n) is 12.0. The normalized spacial score (nSPS) is 36.3. The minimum absolute atomic E-state index is 0.180. The topological polar surface area (TPSA) is 38.3 Å². The smallest absolute Gasteiger partial charge is 0.220 e. The van der Waals surface area contributed by atoms with Gasteiger partial charge in [0.1, 0.15) is 0 Å². The van der Waals surface area contributed by atoms with E-state index in [9.17, 15) is 4.79 Å². The average Bonchev–Trinajstić information content (AvgIpc) is 2.54. The number of ether oxygens (including phenoxy) is 1. The van der Waals surface area contributed by atoms with Gasteiger partial charge in [0.05, 0.1) is 6.10 Å². The Labute approximate surface area is 111 Å². The van der Waals surface area contributed by atoms with Crippen molar-refractivity contribution in [1.82, 2.24) is 5.32 Å². The Bertz CT molecular complexity index is 301. The Balaban J connectivity index is 2.08. The third kappa shape index (κ3) is 2.87. The highest BCUT2D eigenvalue weighted by molar-refractivity contribution is 5.80. The molecule has 18 heavy (non-hydrogen) atoms. The molecule has 0 aliphatic carbocycles. The highest BCUT2D eigenvalue weighted by Crippen LogP contribution is 2.45. The first kappa shape index (κ1) is 13.9. The van der Waals surface area contributed by atoms with Crippen molar-refractivity contribution in [2.24, 2.45) is 11.3 Å². The van der Waals surface area contributed by atoms with Gasteiger partial charge in [-0.25, -0.2) is 0 Å². The van der Waals surface area contributed by atoms with Crippen LogP contribution in [0.25, 0.3) is 0 Å². The van der Waals surface area contributed by atoms with Gasteiger partial charge < -0.3 is 10.1 Å². The first-order valence-electron chi connectivity index (χ1n) is 7.46. The molecule has 3 unspecified atom stereocenters. The molecule has 0 aromatic carbocycles. The van der Waals surface area contributed by atoms with Crippen LogP contribution in [0, 0.1) is 11.3 Å². The lowest BCUT2D eigenvalue weighted by molar-refractivity contribution is -0.120. The first-order valence-corrected chi connectivity index (χ1v) is 7.46. The SMILES string of the molecule is CCCC1CC2(CCO1)CC(=O)NC2CC(C)C. The first-order chi connectivity index (χ1) is 8.55. The molecule has 1 N–H and O–H groups in total. The van der Waals surface area contributed by atoms with E-state index in [4.69, 9.17) is 4.74 Å². The second-order valence-electron chi connectivity index (χ2n) is 6.52. The van der Waals surface area contributed by atoms with Crippen molar-refractivity contribution < 1.29 is 9.53 Å². The molecule has 0 aromatic heterocycles. The summed E-state index contributed by atoms with van der Waals surface area (Å²) in [5, 5.41) is 3.21. The quantitative estimate of drug-likeness (QED) is 0.836. The standard InChI is InChI=1S/C15H27NO2/c1-4-5-12-9-15(6-7-18-12)10-14(17)16-13(15)8-11(2)3/h11-13H,4-10H2,1-3H3,(H,16,17). The van der Waals surface area contributed by atoms with Gasteiger partial charge in [0.2, 0.25) is 5.91 Å². The van der Waals surface area contributed by atoms with Crippen LogP contribution < -0.4 is 5.32 Å². The number of carbonyl (C=O) groups excluding carboxylic acids is 1. The third-order valence-corrected chi connectivity index (χ3v) is 4.49. The van der Waals surface area contributed by atoms with Crippen molar-refractivity contribution in [3.05, 3.63) is 0 Å². The van der Waals surface area contributed by atoms with Crippen molar-refractivity contribution >= 4 is 5.91 Å².